The summed E-state index contributed by atoms with van der Waals surface area (Å²) in [5.74, 6) is -8.26. The number of aliphatic carboxylic acids is 1. The third-order valence-electron chi connectivity index (χ3n) is 13.9. The first kappa shape index (κ1) is 51.7. The van der Waals surface area contributed by atoms with Gasteiger partial charge in [0, 0.05) is 42.6 Å². The number of aliphatic hydroxyl groups is 1. The summed E-state index contributed by atoms with van der Waals surface area (Å²) in [5, 5.41) is 30.7. The van der Waals surface area contributed by atoms with Crippen LogP contribution in [0.25, 0.3) is 0 Å². The summed E-state index contributed by atoms with van der Waals surface area (Å²) in [6, 6.07) is -2.68. The predicted molar refractivity (Wildman–Crippen MR) is 236 cm³/mol. The minimum Gasteiger partial charge on any atom is -0.481 e. The Labute approximate surface area is 396 Å². The lowest BCUT2D eigenvalue weighted by molar-refractivity contribution is -0.203. The standard InChI is InChI=1S/C43H54Br2ClN5O14/c1-6-33(59)65-43(21(2)15-26-25-8-7-23-16-24(52)11-13-40(23,4)42(25,46)28(53)17-41(26,43)5)29(54)19-64-20-48-31(56)18-47-36(60)22(3)49-37(61)27(9-10-32(57)58)50-30(55)12-14-51-38(62)34(44)35(45)39(51)63/h11,13,16,21-22,25-28,53H,6-10,12,14-15,17-20H2,1-5H3,(H,47,60)(H,48,56)(H,49,61)(H,50,55)(H,57,58)/t21-,22-,25-,26?,27-,28-,40-,41-,42-,43-/m0/s1. The van der Waals surface area contributed by atoms with Crippen LogP contribution in [0.4, 0.5) is 0 Å². The number of ether oxygens (including phenoxy) is 2. The molecule has 1 aliphatic heterocycles. The van der Waals surface area contributed by atoms with Gasteiger partial charge < -0.3 is 41.0 Å². The number of carbonyl (C=O) groups excluding carboxylic acids is 9. The monoisotopic (exact) mass is 1060 g/mol. The maximum Gasteiger partial charge on any atom is 0.306 e. The van der Waals surface area contributed by atoms with E-state index in [1.54, 1.807) is 19.1 Å². The largest absolute Gasteiger partial charge is 0.481 e. The Morgan fingerprint density at radius 1 is 0.969 bits per heavy atom. The smallest absolute Gasteiger partial charge is 0.306 e. The van der Waals surface area contributed by atoms with Crippen LogP contribution >= 0.6 is 43.5 Å². The minimum atomic E-state index is -1.71. The van der Waals surface area contributed by atoms with E-state index >= 15 is 0 Å². The van der Waals surface area contributed by atoms with Gasteiger partial charge in [0.2, 0.25) is 29.4 Å². The number of allylic oxidation sites excluding steroid dienone is 4. The van der Waals surface area contributed by atoms with Gasteiger partial charge in [0.25, 0.3) is 11.8 Å². The zero-order valence-electron chi connectivity index (χ0n) is 36.6. The average molecular weight is 1060 g/mol. The van der Waals surface area contributed by atoms with Crippen LogP contribution in [-0.4, -0.2) is 129 Å². The first-order chi connectivity index (χ1) is 30.4. The molecule has 65 heavy (non-hydrogen) atoms. The number of amides is 6. The number of carboxylic acid groups (broad SMARTS) is 1. The van der Waals surface area contributed by atoms with E-state index in [1.165, 1.54) is 13.0 Å². The van der Waals surface area contributed by atoms with Crippen molar-refractivity contribution >= 4 is 102 Å². The molecule has 0 aromatic heterocycles. The van der Waals surface area contributed by atoms with Crippen LogP contribution in [0.3, 0.4) is 0 Å². The molecule has 3 saturated carbocycles. The molecule has 6 N–H and O–H groups in total. The highest BCUT2D eigenvalue weighted by molar-refractivity contribution is 9.14. The van der Waals surface area contributed by atoms with Crippen LogP contribution in [0.5, 0.6) is 0 Å². The zero-order valence-corrected chi connectivity index (χ0v) is 40.5. The molecule has 356 valence electrons. The van der Waals surface area contributed by atoms with Crippen molar-refractivity contribution in [3.63, 3.8) is 0 Å². The molecule has 3 fully saturated rings. The molecule has 22 heteroatoms. The minimum absolute atomic E-state index is 0.0164. The van der Waals surface area contributed by atoms with Crippen LogP contribution in [0, 0.1) is 28.6 Å². The van der Waals surface area contributed by atoms with Gasteiger partial charge in [0.15, 0.2) is 11.4 Å². The third kappa shape index (κ3) is 9.76. The number of halogens is 3. The predicted octanol–water partition coefficient (Wildman–Crippen LogP) is 1.95. The normalized spacial score (nSPS) is 31.2. The first-order valence-corrected chi connectivity index (χ1v) is 23.3. The molecule has 19 nitrogen and oxygen atoms in total. The number of carbonyl (C=O) groups is 10. The molecular weight excluding hydrogens is 1010 g/mol. The Bertz CT molecular complexity index is 2130. The number of hydrogen-bond acceptors (Lipinski definition) is 13. The van der Waals surface area contributed by atoms with E-state index in [0.717, 1.165) is 10.5 Å². The summed E-state index contributed by atoms with van der Waals surface area (Å²) in [6.07, 6.45) is 3.93. The van der Waals surface area contributed by atoms with Gasteiger partial charge in [-0.1, -0.05) is 39.3 Å². The van der Waals surface area contributed by atoms with E-state index in [1.807, 2.05) is 20.8 Å². The van der Waals surface area contributed by atoms with Crippen molar-refractivity contribution in [2.24, 2.45) is 28.6 Å². The van der Waals surface area contributed by atoms with E-state index in [2.05, 4.69) is 53.1 Å². The van der Waals surface area contributed by atoms with E-state index in [-0.39, 0.29) is 52.4 Å². The number of nitrogens with one attached hydrogen (secondary N) is 4. The Morgan fingerprint density at radius 2 is 1.63 bits per heavy atom. The van der Waals surface area contributed by atoms with Crippen LogP contribution in [0.2, 0.25) is 0 Å². The Balaban J connectivity index is 1.14. The SMILES string of the molecule is CCC(=O)O[C@]1(C(=O)COCNC(=O)CNC(=O)[C@H](C)NC(=O)[C@H](CCC(=O)O)NC(=O)CCN2C(=O)C(Br)=C(Br)C2=O)[C@@H](C)CC2[C@@H]3CCC4=CC(=O)C=C[C@]4(C)[C@@]3(Cl)[C@@H](O)C[C@@]21C. The Hall–Kier alpha value is -4.31. The zero-order chi connectivity index (χ0) is 48.4. The molecule has 0 aromatic rings. The highest BCUT2D eigenvalue weighted by Crippen LogP contribution is 2.72. The number of hydrogen-bond donors (Lipinski definition) is 6. The topological polar surface area (TPSA) is 281 Å². The number of nitrogens with zero attached hydrogens (tertiary/aromatic N) is 1. The maximum atomic E-state index is 14.4. The summed E-state index contributed by atoms with van der Waals surface area (Å²) in [5.41, 5.74) is -2.78. The number of carboxylic acids is 1. The quantitative estimate of drug-likeness (QED) is 0.0355. The average Bonchev–Trinajstić information content (AvgIpc) is 3.58. The highest BCUT2D eigenvalue weighted by atomic mass is 79.9. The molecule has 1 heterocycles. The molecule has 0 spiro atoms. The molecule has 0 aromatic carbocycles. The van der Waals surface area contributed by atoms with Crippen molar-refractivity contribution in [3.05, 3.63) is 32.8 Å². The number of ketones is 2. The van der Waals surface area contributed by atoms with E-state index in [9.17, 15) is 58.2 Å². The lowest BCUT2D eigenvalue weighted by Crippen LogP contribution is -2.69. The van der Waals surface area contributed by atoms with E-state index in [0.29, 0.717) is 19.3 Å². The van der Waals surface area contributed by atoms with Crippen molar-refractivity contribution < 1.29 is 67.6 Å². The number of rotatable bonds is 19. The van der Waals surface area contributed by atoms with Gasteiger partial charge in [-0.25, -0.2) is 0 Å². The number of aliphatic hydroxyl groups excluding tert-OH is 1. The molecule has 0 radical (unpaired) electrons. The fourth-order valence-corrected chi connectivity index (χ4v) is 11.8. The van der Waals surface area contributed by atoms with Gasteiger partial charge in [0.1, 0.15) is 34.4 Å². The number of alkyl halides is 1. The van der Waals surface area contributed by atoms with Gasteiger partial charge in [-0.15, -0.1) is 11.6 Å². The first-order valence-electron chi connectivity index (χ1n) is 21.3. The van der Waals surface area contributed by atoms with E-state index in [4.69, 9.17) is 21.1 Å². The van der Waals surface area contributed by atoms with Crippen LogP contribution in [-0.2, 0) is 57.4 Å². The maximum absolute atomic E-state index is 14.4. The second kappa shape index (κ2) is 20.3. The molecule has 0 saturated heterocycles. The molecule has 1 unspecified atom stereocenters. The number of Topliss-reactive ketones (excluding diaryl/α,β-unsaturated/α-hetero) is 1. The Kier molecular flexibility index (Phi) is 16.1. The summed E-state index contributed by atoms with van der Waals surface area (Å²) in [6.45, 7) is 6.51. The fourth-order valence-electron chi connectivity index (χ4n) is 10.5. The van der Waals surface area contributed by atoms with Crippen molar-refractivity contribution in [1.29, 1.82) is 0 Å². The van der Waals surface area contributed by atoms with E-state index < -0.39 is 131 Å². The molecule has 10 atom stereocenters. The lowest BCUT2D eigenvalue weighted by Gasteiger charge is -2.64. The summed E-state index contributed by atoms with van der Waals surface area (Å²) in [4.78, 5) is 127. The molecule has 6 amide bonds. The lowest BCUT2D eigenvalue weighted by atomic mass is 9.45. The second-order valence-corrected chi connectivity index (χ2v) is 19.8. The van der Waals surface area contributed by atoms with Crippen LogP contribution in [0.15, 0.2) is 32.8 Å². The van der Waals surface area contributed by atoms with Crippen molar-refractivity contribution in [3.8, 4) is 0 Å². The molecular formula is C43H54Br2ClN5O14. The molecule has 4 aliphatic carbocycles. The summed E-state index contributed by atoms with van der Waals surface area (Å²) >= 11 is 13.5. The van der Waals surface area contributed by atoms with Crippen molar-refractivity contribution in [2.75, 3.05) is 26.4 Å². The van der Waals surface area contributed by atoms with Gasteiger partial charge >= 0.3 is 11.9 Å². The number of esters is 1. The number of imide groups is 1. The van der Waals surface area contributed by atoms with Crippen LogP contribution < -0.4 is 21.3 Å². The molecule has 5 rings (SSSR count). The van der Waals surface area contributed by atoms with Crippen molar-refractivity contribution in [1.82, 2.24) is 26.2 Å². The second-order valence-electron chi connectivity index (χ2n) is 17.6. The summed E-state index contributed by atoms with van der Waals surface area (Å²) < 4.78 is 11.7. The molecule has 0 bridgehead atoms. The van der Waals surface area contributed by atoms with Gasteiger partial charge in [-0.3, -0.25) is 52.8 Å². The fraction of sp³-hybridized carbons (Fsp3) is 0.628. The summed E-state index contributed by atoms with van der Waals surface area (Å²) in [7, 11) is 0. The van der Waals surface area contributed by atoms with Gasteiger partial charge in [-0.05, 0) is 94.9 Å². The van der Waals surface area contributed by atoms with Gasteiger partial charge in [0.05, 0.1) is 17.5 Å². The third-order valence-corrected chi connectivity index (χ3v) is 16.8. The number of fused-ring (bicyclic) bond motifs is 5. The highest BCUT2D eigenvalue weighted by Gasteiger charge is 2.76. The van der Waals surface area contributed by atoms with Crippen LogP contribution in [0.1, 0.15) is 86.0 Å². The Morgan fingerprint density at radius 3 is 2.26 bits per heavy atom. The van der Waals surface area contributed by atoms with Gasteiger partial charge in [-0.2, -0.15) is 0 Å². The molecule has 5 aliphatic rings. The van der Waals surface area contributed by atoms with Crippen molar-refractivity contribution in [2.45, 2.75) is 115 Å².